The Labute approximate surface area is 106 Å². The number of nitrogens with one attached hydrogen (secondary N) is 1. The molecule has 0 spiro atoms. The highest BCUT2D eigenvalue weighted by Gasteiger charge is 2.06. The fraction of sp³-hybridized carbons (Fsp3) is 0.417. The van der Waals surface area contributed by atoms with Crippen LogP contribution in [0.25, 0.3) is 0 Å². The summed E-state index contributed by atoms with van der Waals surface area (Å²) < 4.78 is 5.31. The molecule has 1 amide bonds. The molecule has 0 bridgehead atoms. The molecule has 0 aliphatic heterocycles. The predicted molar refractivity (Wildman–Crippen MR) is 69.3 cm³/mol. The summed E-state index contributed by atoms with van der Waals surface area (Å²) in [6.07, 6.45) is 0.165. The highest BCUT2D eigenvalue weighted by Crippen LogP contribution is 2.19. The molecule has 3 N–H and O–H groups in total. The smallest absolute Gasteiger partial charge is 0.251 e. The number of anilines is 1. The van der Waals surface area contributed by atoms with Gasteiger partial charge in [-0.1, -0.05) is 11.6 Å². The maximum absolute atomic E-state index is 11.7. The first-order valence-electron chi connectivity index (χ1n) is 5.45. The first-order valence-corrected chi connectivity index (χ1v) is 5.83. The van der Waals surface area contributed by atoms with E-state index in [1.807, 2.05) is 13.8 Å². The third kappa shape index (κ3) is 4.63. The van der Waals surface area contributed by atoms with E-state index in [1.54, 1.807) is 18.2 Å². The molecule has 0 heterocycles. The summed E-state index contributed by atoms with van der Waals surface area (Å²) in [5, 5.41) is 3.19. The van der Waals surface area contributed by atoms with Crippen molar-refractivity contribution in [2.75, 3.05) is 18.9 Å². The number of carbonyl (C=O) groups is 1. The Hall–Kier alpha value is -1.26. The summed E-state index contributed by atoms with van der Waals surface area (Å²) >= 11 is 5.77. The lowest BCUT2D eigenvalue weighted by atomic mass is 10.2. The number of ether oxygens (including phenoxy) is 1. The van der Waals surface area contributed by atoms with Crippen molar-refractivity contribution in [1.82, 2.24) is 5.32 Å². The Bertz CT molecular complexity index is 394. The molecule has 0 aliphatic carbocycles. The van der Waals surface area contributed by atoms with Crippen molar-refractivity contribution in [1.29, 1.82) is 0 Å². The van der Waals surface area contributed by atoms with Crippen LogP contribution in [0.4, 0.5) is 5.69 Å². The Balaban J connectivity index is 2.44. The molecule has 1 aromatic carbocycles. The van der Waals surface area contributed by atoms with Crippen LogP contribution in [-0.4, -0.2) is 25.2 Å². The molecule has 1 rings (SSSR count). The Morgan fingerprint density at radius 3 is 2.82 bits per heavy atom. The molecule has 0 aromatic heterocycles. The molecule has 0 unspecified atom stereocenters. The molecule has 0 radical (unpaired) electrons. The van der Waals surface area contributed by atoms with Crippen LogP contribution in [0.5, 0.6) is 0 Å². The largest absolute Gasteiger partial charge is 0.398 e. The summed E-state index contributed by atoms with van der Waals surface area (Å²) in [5.74, 6) is -0.180. The second kappa shape index (κ2) is 6.47. The number of hydrogen-bond acceptors (Lipinski definition) is 3. The number of amides is 1. The molecule has 0 fully saturated rings. The van der Waals surface area contributed by atoms with Gasteiger partial charge in [-0.05, 0) is 32.0 Å². The average molecular weight is 257 g/mol. The van der Waals surface area contributed by atoms with E-state index in [0.717, 1.165) is 0 Å². The fourth-order valence-corrected chi connectivity index (χ4v) is 1.36. The van der Waals surface area contributed by atoms with Crippen LogP contribution in [0.2, 0.25) is 5.02 Å². The van der Waals surface area contributed by atoms with E-state index in [9.17, 15) is 4.79 Å². The quantitative estimate of drug-likeness (QED) is 0.626. The lowest BCUT2D eigenvalue weighted by molar-refractivity contribution is 0.0746. The van der Waals surface area contributed by atoms with Crippen molar-refractivity contribution in [2.24, 2.45) is 0 Å². The highest BCUT2D eigenvalue weighted by atomic mass is 35.5. The summed E-state index contributed by atoms with van der Waals surface area (Å²) in [6, 6.07) is 4.80. The molecule has 94 valence electrons. The van der Waals surface area contributed by atoms with Crippen LogP contribution >= 0.6 is 11.6 Å². The van der Waals surface area contributed by atoms with Crippen LogP contribution in [0.3, 0.4) is 0 Å². The van der Waals surface area contributed by atoms with E-state index >= 15 is 0 Å². The van der Waals surface area contributed by atoms with Crippen molar-refractivity contribution in [3.05, 3.63) is 28.8 Å². The zero-order valence-electron chi connectivity index (χ0n) is 10.00. The van der Waals surface area contributed by atoms with Gasteiger partial charge in [0.15, 0.2) is 0 Å². The molecule has 0 saturated carbocycles. The van der Waals surface area contributed by atoms with Crippen LogP contribution in [0, 0.1) is 0 Å². The van der Waals surface area contributed by atoms with Crippen LogP contribution < -0.4 is 11.1 Å². The minimum Gasteiger partial charge on any atom is -0.398 e. The number of nitrogens with two attached hydrogens (primary N) is 1. The SMILES string of the molecule is CC(C)OCCNC(=O)c1ccc(Cl)c(N)c1. The van der Waals surface area contributed by atoms with Crippen molar-refractivity contribution >= 4 is 23.2 Å². The average Bonchev–Trinajstić information content (AvgIpc) is 2.27. The van der Waals surface area contributed by atoms with Gasteiger partial charge < -0.3 is 15.8 Å². The van der Waals surface area contributed by atoms with Gasteiger partial charge in [0.25, 0.3) is 5.91 Å². The lowest BCUT2D eigenvalue weighted by Gasteiger charge is -2.09. The maximum Gasteiger partial charge on any atom is 0.251 e. The van der Waals surface area contributed by atoms with Gasteiger partial charge in [-0.3, -0.25) is 4.79 Å². The van der Waals surface area contributed by atoms with E-state index in [4.69, 9.17) is 22.1 Å². The minimum absolute atomic E-state index is 0.165. The fourth-order valence-electron chi connectivity index (χ4n) is 1.25. The van der Waals surface area contributed by atoms with E-state index in [-0.39, 0.29) is 12.0 Å². The van der Waals surface area contributed by atoms with Gasteiger partial charge in [0, 0.05) is 12.1 Å². The lowest BCUT2D eigenvalue weighted by Crippen LogP contribution is -2.28. The zero-order valence-corrected chi connectivity index (χ0v) is 10.8. The normalized spacial score (nSPS) is 10.6. The predicted octanol–water partition coefficient (Wildman–Crippen LogP) is 2.08. The van der Waals surface area contributed by atoms with Gasteiger partial charge in [-0.2, -0.15) is 0 Å². The Kier molecular flexibility index (Phi) is 5.25. The molecular weight excluding hydrogens is 240 g/mol. The molecule has 0 aliphatic rings. The van der Waals surface area contributed by atoms with Gasteiger partial charge >= 0.3 is 0 Å². The molecule has 0 saturated heterocycles. The number of hydrogen-bond donors (Lipinski definition) is 2. The molecule has 17 heavy (non-hydrogen) atoms. The zero-order chi connectivity index (χ0) is 12.8. The summed E-state index contributed by atoms with van der Waals surface area (Å²) in [4.78, 5) is 11.7. The number of nitrogen functional groups attached to an aromatic ring is 1. The summed E-state index contributed by atoms with van der Waals surface area (Å²) in [7, 11) is 0. The monoisotopic (exact) mass is 256 g/mol. The summed E-state index contributed by atoms with van der Waals surface area (Å²) in [5.41, 5.74) is 6.51. The van der Waals surface area contributed by atoms with E-state index in [2.05, 4.69) is 5.32 Å². The van der Waals surface area contributed by atoms with Crippen LogP contribution in [0.15, 0.2) is 18.2 Å². The number of rotatable bonds is 5. The first-order chi connectivity index (χ1) is 8.00. The van der Waals surface area contributed by atoms with Crippen molar-refractivity contribution in [3.63, 3.8) is 0 Å². The minimum atomic E-state index is -0.180. The Morgan fingerprint density at radius 1 is 1.53 bits per heavy atom. The second-order valence-corrected chi connectivity index (χ2v) is 4.32. The van der Waals surface area contributed by atoms with Crippen molar-refractivity contribution < 1.29 is 9.53 Å². The number of benzene rings is 1. The topological polar surface area (TPSA) is 64.3 Å². The maximum atomic E-state index is 11.7. The summed E-state index contributed by atoms with van der Waals surface area (Å²) in [6.45, 7) is 4.86. The van der Waals surface area contributed by atoms with E-state index in [1.165, 1.54) is 0 Å². The molecular formula is C12H17ClN2O2. The second-order valence-electron chi connectivity index (χ2n) is 3.91. The van der Waals surface area contributed by atoms with E-state index < -0.39 is 0 Å². The van der Waals surface area contributed by atoms with Crippen LogP contribution in [-0.2, 0) is 4.74 Å². The third-order valence-corrected chi connectivity index (χ3v) is 2.44. The third-order valence-electron chi connectivity index (χ3n) is 2.10. The number of carbonyl (C=O) groups excluding carboxylic acids is 1. The van der Waals surface area contributed by atoms with Crippen molar-refractivity contribution in [3.8, 4) is 0 Å². The van der Waals surface area contributed by atoms with Crippen LogP contribution in [0.1, 0.15) is 24.2 Å². The first kappa shape index (κ1) is 13.8. The van der Waals surface area contributed by atoms with Gasteiger partial charge in [0.05, 0.1) is 23.4 Å². The molecule has 4 nitrogen and oxygen atoms in total. The van der Waals surface area contributed by atoms with Gasteiger partial charge in [-0.25, -0.2) is 0 Å². The van der Waals surface area contributed by atoms with Gasteiger partial charge in [-0.15, -0.1) is 0 Å². The molecule has 5 heteroatoms. The van der Waals surface area contributed by atoms with Crippen molar-refractivity contribution in [2.45, 2.75) is 20.0 Å². The Morgan fingerprint density at radius 2 is 2.24 bits per heavy atom. The number of halogens is 1. The molecule has 1 aromatic rings. The van der Waals surface area contributed by atoms with E-state index in [0.29, 0.717) is 29.4 Å². The van der Waals surface area contributed by atoms with Gasteiger partial charge in [0.2, 0.25) is 0 Å². The molecule has 0 atom stereocenters. The highest BCUT2D eigenvalue weighted by molar-refractivity contribution is 6.33. The van der Waals surface area contributed by atoms with Gasteiger partial charge in [0.1, 0.15) is 0 Å². The standard InChI is InChI=1S/C12H17ClN2O2/c1-8(2)17-6-5-15-12(16)9-3-4-10(13)11(14)7-9/h3-4,7-8H,5-6,14H2,1-2H3,(H,15,16).